The van der Waals surface area contributed by atoms with Crippen molar-refractivity contribution in [2.24, 2.45) is 0 Å². The van der Waals surface area contributed by atoms with Crippen LogP contribution in [0.25, 0.3) is 84.9 Å². The molecule has 0 saturated carbocycles. The van der Waals surface area contributed by atoms with Crippen molar-refractivity contribution in [3.05, 3.63) is 212 Å². The molecule has 11 aromatic rings. The van der Waals surface area contributed by atoms with E-state index in [9.17, 15) is 0 Å². The number of nitrogens with zero attached hydrogens (tertiary/aromatic N) is 1. The lowest BCUT2D eigenvalue weighted by atomic mass is 9.93. The maximum absolute atomic E-state index is 2.45. The van der Waals surface area contributed by atoms with E-state index in [0.29, 0.717) is 0 Å². The van der Waals surface area contributed by atoms with Gasteiger partial charge < -0.3 is 4.90 Å². The van der Waals surface area contributed by atoms with E-state index in [1.54, 1.807) is 0 Å². The molecule has 0 radical (unpaired) electrons. The van der Waals surface area contributed by atoms with Crippen molar-refractivity contribution in [1.29, 1.82) is 0 Å². The van der Waals surface area contributed by atoms with Crippen LogP contribution in [0.15, 0.2) is 212 Å². The fraction of sp³-hybridized carbons (Fsp3) is 0. The maximum Gasteiger partial charge on any atom is 0.0640 e. The highest BCUT2D eigenvalue weighted by molar-refractivity contribution is 7.26. The van der Waals surface area contributed by atoms with Gasteiger partial charge in [0.25, 0.3) is 0 Å². The van der Waals surface area contributed by atoms with Gasteiger partial charge in [-0.15, -0.1) is 22.7 Å². The molecule has 1 nitrogen and oxygen atoms in total. The molecule has 0 spiro atoms. The van der Waals surface area contributed by atoms with Crippen LogP contribution in [-0.2, 0) is 0 Å². The third kappa shape index (κ3) is 6.00. The van der Waals surface area contributed by atoms with E-state index in [-0.39, 0.29) is 0 Å². The molecule has 0 saturated heterocycles. The standard InChI is InChI=1S/C54H35NS2/c1-3-12-36(13-4-1)37-22-24-38(25-23-37)39-26-29-42(30-27-39)55(50-19-11-18-48-46-17-8-10-21-52(46)57-54(48)50)43-31-33-44(40-14-5-2-6-15-40)49(35-43)41-28-32-47-45-16-7-9-20-51(45)56-53(47)34-41/h1-35H. The van der Waals surface area contributed by atoms with Crippen LogP contribution in [0.1, 0.15) is 0 Å². The van der Waals surface area contributed by atoms with Gasteiger partial charge in [-0.3, -0.25) is 0 Å². The molecule has 57 heavy (non-hydrogen) atoms. The summed E-state index contributed by atoms with van der Waals surface area (Å²) in [6, 6.07) is 77.6. The molecule has 0 aliphatic rings. The van der Waals surface area contributed by atoms with Crippen LogP contribution in [0.3, 0.4) is 0 Å². The summed E-state index contributed by atoms with van der Waals surface area (Å²) in [5.41, 5.74) is 13.1. The van der Waals surface area contributed by atoms with Crippen LogP contribution in [0.4, 0.5) is 17.1 Å². The highest BCUT2D eigenvalue weighted by Crippen LogP contribution is 2.47. The van der Waals surface area contributed by atoms with Gasteiger partial charge in [-0.05, 0) is 93.0 Å². The number of hydrogen-bond acceptors (Lipinski definition) is 3. The topological polar surface area (TPSA) is 3.24 Å². The SMILES string of the molecule is c1ccc(-c2ccc(-c3ccc(N(c4ccc(-c5ccccc5)c(-c5ccc6c(c5)sc5ccccc56)c4)c4cccc5c4sc4ccccc45)cc3)cc2)cc1. The third-order valence-corrected chi connectivity index (χ3v) is 13.5. The molecule has 0 N–H and O–H groups in total. The van der Waals surface area contributed by atoms with Crippen LogP contribution in [-0.4, -0.2) is 0 Å². The summed E-state index contributed by atoms with van der Waals surface area (Å²) < 4.78 is 5.20. The van der Waals surface area contributed by atoms with Gasteiger partial charge in [0.05, 0.1) is 10.4 Å². The molecule has 0 atom stereocenters. The molecule has 11 rings (SSSR count). The molecule has 0 bridgehead atoms. The van der Waals surface area contributed by atoms with E-state index in [4.69, 9.17) is 0 Å². The van der Waals surface area contributed by atoms with Gasteiger partial charge >= 0.3 is 0 Å². The first kappa shape index (κ1) is 33.5. The molecule has 9 aromatic carbocycles. The van der Waals surface area contributed by atoms with E-state index in [0.717, 1.165) is 11.4 Å². The molecule has 0 unspecified atom stereocenters. The highest BCUT2D eigenvalue weighted by Gasteiger charge is 2.21. The van der Waals surface area contributed by atoms with Crippen molar-refractivity contribution < 1.29 is 0 Å². The Kier molecular flexibility index (Phi) is 8.28. The fourth-order valence-electron chi connectivity index (χ4n) is 8.30. The smallest absolute Gasteiger partial charge is 0.0640 e. The summed E-state index contributed by atoms with van der Waals surface area (Å²) in [4.78, 5) is 2.45. The van der Waals surface area contributed by atoms with Crippen molar-refractivity contribution in [2.75, 3.05) is 4.90 Å². The Hall–Kier alpha value is -6.78. The van der Waals surface area contributed by atoms with Crippen molar-refractivity contribution in [3.63, 3.8) is 0 Å². The number of hydrogen-bond donors (Lipinski definition) is 0. The van der Waals surface area contributed by atoms with Gasteiger partial charge in [0.2, 0.25) is 0 Å². The normalized spacial score (nSPS) is 11.5. The molecule has 0 amide bonds. The van der Waals surface area contributed by atoms with Gasteiger partial charge in [-0.2, -0.15) is 0 Å². The fourth-order valence-corrected chi connectivity index (χ4v) is 10.6. The predicted molar refractivity (Wildman–Crippen MR) is 249 cm³/mol. The average Bonchev–Trinajstić information content (AvgIpc) is 3.86. The molecule has 0 aliphatic heterocycles. The van der Waals surface area contributed by atoms with Crippen LogP contribution >= 0.6 is 22.7 Å². The monoisotopic (exact) mass is 761 g/mol. The van der Waals surface area contributed by atoms with E-state index in [1.807, 2.05) is 22.7 Å². The van der Waals surface area contributed by atoms with Crippen molar-refractivity contribution >= 4 is 80.1 Å². The summed E-state index contributed by atoms with van der Waals surface area (Å²) in [5.74, 6) is 0. The summed E-state index contributed by atoms with van der Waals surface area (Å²) in [6.45, 7) is 0. The second-order valence-corrected chi connectivity index (χ2v) is 16.6. The predicted octanol–water partition coefficient (Wildman–Crippen LogP) is 16.6. The molecular weight excluding hydrogens is 727 g/mol. The van der Waals surface area contributed by atoms with Crippen LogP contribution in [0.5, 0.6) is 0 Å². The number of benzene rings is 9. The number of rotatable bonds is 7. The lowest BCUT2D eigenvalue weighted by Crippen LogP contribution is -2.10. The minimum Gasteiger partial charge on any atom is -0.309 e. The second-order valence-electron chi connectivity index (χ2n) is 14.5. The Morgan fingerprint density at radius 2 is 0.789 bits per heavy atom. The first-order valence-corrected chi connectivity index (χ1v) is 21.0. The zero-order valence-corrected chi connectivity index (χ0v) is 32.6. The minimum absolute atomic E-state index is 1.11. The number of anilines is 3. The molecule has 0 aliphatic carbocycles. The van der Waals surface area contributed by atoms with Crippen molar-refractivity contribution in [1.82, 2.24) is 0 Å². The van der Waals surface area contributed by atoms with Crippen molar-refractivity contribution in [3.8, 4) is 44.5 Å². The van der Waals surface area contributed by atoms with E-state index < -0.39 is 0 Å². The zero-order valence-electron chi connectivity index (χ0n) is 31.0. The van der Waals surface area contributed by atoms with Crippen LogP contribution in [0.2, 0.25) is 0 Å². The minimum atomic E-state index is 1.11. The zero-order chi connectivity index (χ0) is 37.7. The number of fused-ring (bicyclic) bond motifs is 6. The molecule has 3 heteroatoms. The largest absolute Gasteiger partial charge is 0.309 e. The average molecular weight is 762 g/mol. The van der Waals surface area contributed by atoms with Gasteiger partial charge in [0, 0.05) is 47.0 Å². The molecular formula is C54H35NS2. The Morgan fingerprint density at radius 1 is 0.281 bits per heavy atom. The first-order valence-electron chi connectivity index (χ1n) is 19.3. The molecule has 0 fully saturated rings. The lowest BCUT2D eigenvalue weighted by molar-refractivity contribution is 1.30. The van der Waals surface area contributed by atoms with Crippen molar-refractivity contribution in [2.45, 2.75) is 0 Å². The van der Waals surface area contributed by atoms with Gasteiger partial charge in [0.15, 0.2) is 0 Å². The Labute approximate surface area is 340 Å². The maximum atomic E-state index is 2.45. The third-order valence-electron chi connectivity index (χ3n) is 11.1. The summed E-state index contributed by atoms with van der Waals surface area (Å²) >= 11 is 3.74. The van der Waals surface area contributed by atoms with Crippen LogP contribution in [0, 0.1) is 0 Å². The molecule has 2 aromatic heterocycles. The molecule has 268 valence electrons. The van der Waals surface area contributed by atoms with Crippen LogP contribution < -0.4 is 4.90 Å². The van der Waals surface area contributed by atoms with E-state index >= 15 is 0 Å². The second kappa shape index (κ2) is 14.1. The van der Waals surface area contributed by atoms with Gasteiger partial charge in [-0.1, -0.05) is 164 Å². The number of thiophene rings is 2. The quantitative estimate of drug-likeness (QED) is 0.156. The van der Waals surface area contributed by atoms with E-state index in [1.165, 1.54) is 90.5 Å². The highest BCUT2D eigenvalue weighted by atomic mass is 32.1. The van der Waals surface area contributed by atoms with E-state index in [2.05, 4.69) is 217 Å². The Morgan fingerprint density at radius 3 is 1.49 bits per heavy atom. The summed E-state index contributed by atoms with van der Waals surface area (Å²) in [7, 11) is 0. The summed E-state index contributed by atoms with van der Waals surface area (Å²) in [6.07, 6.45) is 0. The van der Waals surface area contributed by atoms with Gasteiger partial charge in [-0.25, -0.2) is 0 Å². The van der Waals surface area contributed by atoms with Gasteiger partial charge in [0.1, 0.15) is 0 Å². The lowest BCUT2D eigenvalue weighted by Gasteiger charge is -2.27. The first-order chi connectivity index (χ1) is 28.2. The Bertz CT molecular complexity index is 3210. The summed E-state index contributed by atoms with van der Waals surface area (Å²) in [5, 5.41) is 5.21. The Balaban J connectivity index is 1.08. The molecule has 2 heterocycles.